The van der Waals surface area contributed by atoms with Crippen molar-refractivity contribution in [3.8, 4) is 0 Å². The van der Waals surface area contributed by atoms with Crippen LogP contribution in [0.4, 0.5) is 17.1 Å². The summed E-state index contributed by atoms with van der Waals surface area (Å²) in [6.07, 6.45) is 0.689. The van der Waals surface area contributed by atoms with Crippen molar-refractivity contribution >= 4 is 38.9 Å². The van der Waals surface area contributed by atoms with Gasteiger partial charge in [-0.25, -0.2) is 8.42 Å². The van der Waals surface area contributed by atoms with Crippen LogP contribution in [0.3, 0.4) is 0 Å². The van der Waals surface area contributed by atoms with E-state index in [0.29, 0.717) is 29.9 Å². The van der Waals surface area contributed by atoms with E-state index < -0.39 is 10.0 Å². The monoisotopic (exact) mass is 387 g/mol. The van der Waals surface area contributed by atoms with Gasteiger partial charge in [0.2, 0.25) is 11.8 Å². The molecule has 8 heteroatoms. The maximum absolute atomic E-state index is 12.8. The Balaban J connectivity index is 1.85. The molecular formula is C19H21N3O4S. The first kappa shape index (κ1) is 18.9. The summed E-state index contributed by atoms with van der Waals surface area (Å²) in [4.78, 5) is 24.6. The first-order chi connectivity index (χ1) is 12.7. The van der Waals surface area contributed by atoms with E-state index in [1.54, 1.807) is 42.2 Å². The zero-order chi connectivity index (χ0) is 19.8. The fraction of sp³-hybridized carbons (Fsp3) is 0.263. The van der Waals surface area contributed by atoms with Crippen molar-refractivity contribution in [3.05, 3.63) is 47.5 Å². The molecule has 2 aromatic carbocycles. The molecule has 1 aliphatic heterocycles. The zero-order valence-corrected chi connectivity index (χ0v) is 16.2. The molecule has 0 fully saturated rings. The van der Waals surface area contributed by atoms with E-state index in [-0.39, 0.29) is 16.7 Å². The predicted octanol–water partition coefficient (Wildman–Crippen LogP) is 2.66. The molecule has 0 aliphatic carbocycles. The van der Waals surface area contributed by atoms with Crippen LogP contribution in [0.2, 0.25) is 0 Å². The molecule has 0 radical (unpaired) electrons. The van der Waals surface area contributed by atoms with E-state index in [2.05, 4.69) is 10.0 Å². The van der Waals surface area contributed by atoms with Gasteiger partial charge in [-0.3, -0.25) is 14.3 Å². The minimum atomic E-state index is -3.78. The summed E-state index contributed by atoms with van der Waals surface area (Å²) in [6, 6.07) is 9.80. The molecule has 0 spiro atoms. The fourth-order valence-corrected chi connectivity index (χ4v) is 4.51. The molecule has 2 amide bonds. The summed E-state index contributed by atoms with van der Waals surface area (Å²) in [5.74, 6) is -0.252. The molecule has 0 saturated heterocycles. The molecule has 0 aromatic heterocycles. The van der Waals surface area contributed by atoms with E-state index in [9.17, 15) is 18.0 Å². The minimum Gasteiger partial charge on any atom is -0.326 e. The van der Waals surface area contributed by atoms with Gasteiger partial charge >= 0.3 is 0 Å². The van der Waals surface area contributed by atoms with Crippen molar-refractivity contribution in [1.82, 2.24) is 0 Å². The van der Waals surface area contributed by atoms with Crippen molar-refractivity contribution in [2.45, 2.75) is 32.1 Å². The Bertz CT molecular complexity index is 1030. The van der Waals surface area contributed by atoms with Gasteiger partial charge in [-0.1, -0.05) is 0 Å². The summed E-state index contributed by atoms with van der Waals surface area (Å²) in [5.41, 5.74) is 3.27. The lowest BCUT2D eigenvalue weighted by Gasteiger charge is -2.16. The van der Waals surface area contributed by atoms with Crippen LogP contribution < -0.4 is 14.9 Å². The molecular weight excluding hydrogens is 366 g/mol. The van der Waals surface area contributed by atoms with E-state index in [1.165, 1.54) is 19.9 Å². The van der Waals surface area contributed by atoms with Gasteiger partial charge in [-0.05, 0) is 60.9 Å². The summed E-state index contributed by atoms with van der Waals surface area (Å²) >= 11 is 0. The number of nitrogens with zero attached hydrogens (tertiary/aromatic N) is 1. The van der Waals surface area contributed by atoms with Crippen LogP contribution in [0, 0.1) is 6.92 Å². The number of hydrogen-bond acceptors (Lipinski definition) is 4. The van der Waals surface area contributed by atoms with Crippen LogP contribution in [0.25, 0.3) is 0 Å². The molecule has 1 aliphatic rings. The standard InChI is InChI=1S/C19H21N3O4S/c1-12-10-16(20-13(2)23)5-7-19(12)27(25,26)21-17-4-6-18-15(11-17)8-9-22(18)14(3)24/h4-7,10-11,21H,8-9H2,1-3H3,(H,20,23). The molecule has 7 nitrogen and oxygen atoms in total. The minimum absolute atomic E-state index is 0.0306. The number of fused-ring (bicyclic) bond motifs is 1. The Morgan fingerprint density at radius 2 is 1.74 bits per heavy atom. The Kier molecular flexibility index (Phi) is 4.93. The van der Waals surface area contributed by atoms with Gasteiger partial charge in [0.1, 0.15) is 0 Å². The number of amides is 2. The lowest BCUT2D eigenvalue weighted by Crippen LogP contribution is -2.25. The van der Waals surface area contributed by atoms with Crippen LogP contribution in [-0.4, -0.2) is 26.8 Å². The smallest absolute Gasteiger partial charge is 0.262 e. The first-order valence-corrected chi connectivity index (χ1v) is 9.98. The highest BCUT2D eigenvalue weighted by molar-refractivity contribution is 7.92. The quantitative estimate of drug-likeness (QED) is 0.843. The normalized spacial score (nSPS) is 13.2. The van der Waals surface area contributed by atoms with E-state index in [4.69, 9.17) is 0 Å². The number of aryl methyl sites for hydroxylation is 1. The zero-order valence-electron chi connectivity index (χ0n) is 15.4. The predicted molar refractivity (Wildman–Crippen MR) is 104 cm³/mol. The van der Waals surface area contributed by atoms with Crippen molar-refractivity contribution in [2.24, 2.45) is 0 Å². The lowest BCUT2D eigenvalue weighted by molar-refractivity contribution is -0.116. The third kappa shape index (κ3) is 3.95. The average molecular weight is 387 g/mol. The van der Waals surface area contributed by atoms with Crippen LogP contribution in [0.1, 0.15) is 25.0 Å². The molecule has 1 heterocycles. The number of sulfonamides is 1. The summed E-state index contributed by atoms with van der Waals surface area (Å²) < 4.78 is 28.1. The van der Waals surface area contributed by atoms with Crippen LogP contribution >= 0.6 is 0 Å². The molecule has 2 aromatic rings. The molecule has 142 valence electrons. The van der Waals surface area contributed by atoms with Crippen molar-refractivity contribution in [3.63, 3.8) is 0 Å². The number of anilines is 3. The highest BCUT2D eigenvalue weighted by Gasteiger charge is 2.23. The van der Waals surface area contributed by atoms with Gasteiger partial charge in [-0.2, -0.15) is 0 Å². The number of benzene rings is 2. The Morgan fingerprint density at radius 1 is 1.04 bits per heavy atom. The molecule has 2 N–H and O–H groups in total. The molecule has 0 saturated carbocycles. The number of carbonyl (C=O) groups excluding carboxylic acids is 2. The maximum Gasteiger partial charge on any atom is 0.262 e. The number of nitrogens with one attached hydrogen (secondary N) is 2. The lowest BCUT2D eigenvalue weighted by atomic mass is 10.1. The Morgan fingerprint density at radius 3 is 2.37 bits per heavy atom. The van der Waals surface area contributed by atoms with Gasteiger partial charge < -0.3 is 10.2 Å². The molecule has 27 heavy (non-hydrogen) atoms. The van der Waals surface area contributed by atoms with E-state index in [0.717, 1.165) is 11.3 Å². The van der Waals surface area contributed by atoms with E-state index in [1.807, 2.05) is 0 Å². The van der Waals surface area contributed by atoms with Gasteiger partial charge in [0.15, 0.2) is 0 Å². The molecule has 0 bridgehead atoms. The Labute approximate surface area is 158 Å². The topological polar surface area (TPSA) is 95.6 Å². The second kappa shape index (κ2) is 7.03. The van der Waals surface area contributed by atoms with E-state index >= 15 is 0 Å². The van der Waals surface area contributed by atoms with Gasteiger partial charge in [0.25, 0.3) is 10.0 Å². The van der Waals surface area contributed by atoms with Crippen LogP contribution in [0.5, 0.6) is 0 Å². The largest absolute Gasteiger partial charge is 0.326 e. The highest BCUT2D eigenvalue weighted by Crippen LogP contribution is 2.31. The number of rotatable bonds is 4. The van der Waals surface area contributed by atoms with Crippen LogP contribution in [-0.2, 0) is 26.0 Å². The highest BCUT2D eigenvalue weighted by atomic mass is 32.2. The molecule has 3 rings (SSSR count). The SMILES string of the molecule is CC(=O)Nc1ccc(S(=O)(=O)Nc2ccc3c(c2)CCN3C(C)=O)c(C)c1. The van der Waals surface area contributed by atoms with Crippen molar-refractivity contribution < 1.29 is 18.0 Å². The second-order valence-corrected chi connectivity index (χ2v) is 8.18. The maximum atomic E-state index is 12.8. The Hall–Kier alpha value is -2.87. The third-order valence-corrected chi connectivity index (χ3v) is 5.93. The first-order valence-electron chi connectivity index (χ1n) is 8.49. The van der Waals surface area contributed by atoms with Crippen molar-refractivity contribution in [1.29, 1.82) is 0 Å². The van der Waals surface area contributed by atoms with Gasteiger partial charge in [0, 0.05) is 37.5 Å². The molecule has 0 atom stereocenters. The second-order valence-electron chi connectivity index (χ2n) is 6.53. The molecule has 0 unspecified atom stereocenters. The van der Waals surface area contributed by atoms with Crippen LogP contribution in [0.15, 0.2) is 41.3 Å². The van der Waals surface area contributed by atoms with Gasteiger partial charge in [-0.15, -0.1) is 0 Å². The average Bonchev–Trinajstić information content (AvgIpc) is 2.97. The number of carbonyl (C=O) groups is 2. The summed E-state index contributed by atoms with van der Waals surface area (Å²) in [6.45, 7) is 5.18. The fourth-order valence-electron chi connectivity index (χ4n) is 3.23. The third-order valence-electron chi connectivity index (χ3n) is 4.39. The summed E-state index contributed by atoms with van der Waals surface area (Å²) in [5, 5.41) is 2.63. The number of hydrogen-bond donors (Lipinski definition) is 2. The summed E-state index contributed by atoms with van der Waals surface area (Å²) in [7, 11) is -3.78. The van der Waals surface area contributed by atoms with Gasteiger partial charge in [0.05, 0.1) is 4.90 Å². The van der Waals surface area contributed by atoms with Crippen molar-refractivity contribution in [2.75, 3.05) is 21.5 Å².